The Labute approximate surface area is 55.7 Å². The number of rotatable bonds is 3. The number of hydrogen-bond acceptors (Lipinski definition) is 0. The lowest BCUT2D eigenvalue weighted by Crippen LogP contribution is -2.04. The monoisotopic (exact) mass is 109 g/mol. The van der Waals surface area contributed by atoms with E-state index in [2.05, 4.69) is 20.8 Å². The van der Waals surface area contributed by atoms with Crippen LogP contribution in [0.2, 0.25) is 19.0 Å². The van der Waals surface area contributed by atoms with E-state index in [1.165, 1.54) is 19.0 Å². The summed E-state index contributed by atoms with van der Waals surface area (Å²) in [7, 11) is 0. The SMILES string of the molecule is CCB(CC)CC.[B]. The summed E-state index contributed by atoms with van der Waals surface area (Å²) in [6.07, 6.45) is 4.06. The van der Waals surface area contributed by atoms with Crippen molar-refractivity contribution in [2.45, 2.75) is 39.7 Å². The summed E-state index contributed by atoms with van der Waals surface area (Å²) in [6.45, 7) is 7.77. The maximum Gasteiger partial charge on any atom is 0.139 e. The summed E-state index contributed by atoms with van der Waals surface area (Å²) in [6, 6.07) is 0. The maximum absolute atomic E-state index is 2.26. The van der Waals surface area contributed by atoms with Crippen molar-refractivity contribution in [3.8, 4) is 0 Å². The Kier molecular flexibility index (Phi) is 9.80. The fourth-order valence-electron chi connectivity index (χ4n) is 0.866. The normalized spacial score (nSPS) is 7.88. The fourth-order valence-corrected chi connectivity index (χ4v) is 0.866. The highest BCUT2D eigenvalue weighted by Gasteiger charge is 2.01. The second kappa shape index (κ2) is 7.13. The molecule has 0 spiro atoms. The van der Waals surface area contributed by atoms with Crippen LogP contribution in [0.1, 0.15) is 20.8 Å². The molecule has 0 aliphatic heterocycles. The van der Waals surface area contributed by atoms with Crippen molar-refractivity contribution in [2.24, 2.45) is 0 Å². The molecule has 0 aromatic heterocycles. The van der Waals surface area contributed by atoms with Gasteiger partial charge >= 0.3 is 0 Å². The predicted octanol–water partition coefficient (Wildman–Crippen LogP) is 2.16. The minimum Gasteiger partial charge on any atom is -0.0770 e. The van der Waals surface area contributed by atoms with Crippen LogP contribution >= 0.6 is 0 Å². The van der Waals surface area contributed by atoms with E-state index in [-0.39, 0.29) is 8.41 Å². The van der Waals surface area contributed by atoms with Crippen molar-refractivity contribution in [1.82, 2.24) is 0 Å². The molecule has 0 aromatic rings. The molecular weight excluding hydrogens is 93.7 g/mol. The predicted molar refractivity (Wildman–Crippen MR) is 43.0 cm³/mol. The molecule has 0 bridgehead atoms. The minimum atomic E-state index is 0. The first-order valence-corrected chi connectivity index (χ1v) is 3.35. The molecule has 0 aliphatic carbocycles. The molecule has 0 saturated carbocycles. The standard InChI is InChI=1S/C6H15B.B/c1-4-7(5-2)6-3;/h4-6H2,1-3H3;. The third kappa shape index (κ3) is 4.29. The third-order valence-electron chi connectivity index (χ3n) is 1.73. The highest BCUT2D eigenvalue weighted by molar-refractivity contribution is 6.58. The zero-order valence-electron chi connectivity index (χ0n) is 6.28. The van der Waals surface area contributed by atoms with Crippen LogP contribution in [0.3, 0.4) is 0 Å². The molecule has 0 nitrogen and oxygen atoms in total. The quantitative estimate of drug-likeness (QED) is 0.487. The van der Waals surface area contributed by atoms with Crippen LogP contribution in [0, 0.1) is 0 Å². The molecule has 0 amide bonds. The van der Waals surface area contributed by atoms with Crippen molar-refractivity contribution < 1.29 is 0 Å². The zero-order chi connectivity index (χ0) is 5.70. The molecule has 0 N–H and O–H groups in total. The largest absolute Gasteiger partial charge is 0.139 e. The molecule has 0 aromatic carbocycles. The van der Waals surface area contributed by atoms with E-state index in [0.717, 1.165) is 6.71 Å². The van der Waals surface area contributed by atoms with E-state index < -0.39 is 0 Å². The maximum atomic E-state index is 2.26. The van der Waals surface area contributed by atoms with Crippen LogP contribution in [0.4, 0.5) is 0 Å². The summed E-state index contributed by atoms with van der Waals surface area (Å²) < 4.78 is 0. The lowest BCUT2D eigenvalue weighted by atomic mass is 9.44. The highest BCUT2D eigenvalue weighted by atomic mass is 13.7. The van der Waals surface area contributed by atoms with E-state index in [9.17, 15) is 0 Å². The first kappa shape index (κ1) is 11.0. The van der Waals surface area contributed by atoms with Gasteiger partial charge in [0.05, 0.1) is 0 Å². The lowest BCUT2D eigenvalue weighted by Gasteiger charge is -2.00. The van der Waals surface area contributed by atoms with Gasteiger partial charge in [-0.2, -0.15) is 0 Å². The van der Waals surface area contributed by atoms with Gasteiger partial charge in [-0.25, -0.2) is 0 Å². The summed E-state index contributed by atoms with van der Waals surface area (Å²) in [5, 5.41) is 0. The van der Waals surface area contributed by atoms with E-state index in [1.807, 2.05) is 0 Å². The Morgan fingerprint density at radius 3 is 1.12 bits per heavy atom. The zero-order valence-corrected chi connectivity index (χ0v) is 6.28. The fraction of sp³-hybridized carbons (Fsp3) is 1.00. The van der Waals surface area contributed by atoms with Gasteiger partial charge in [-0.15, -0.1) is 0 Å². The highest BCUT2D eigenvalue weighted by Crippen LogP contribution is 2.01. The van der Waals surface area contributed by atoms with Gasteiger partial charge in [0.25, 0.3) is 0 Å². The molecule has 0 rings (SSSR count). The second-order valence-electron chi connectivity index (χ2n) is 2.09. The van der Waals surface area contributed by atoms with Gasteiger partial charge in [-0.05, 0) is 0 Å². The first-order chi connectivity index (χ1) is 3.35. The average Bonchev–Trinajstić information content (AvgIpc) is 1.72. The minimum absolute atomic E-state index is 0. The molecule has 2 heteroatoms. The molecule has 0 fully saturated rings. The van der Waals surface area contributed by atoms with Crippen LogP contribution in [0.25, 0.3) is 0 Å². The Morgan fingerprint density at radius 2 is 1.12 bits per heavy atom. The van der Waals surface area contributed by atoms with Crippen molar-refractivity contribution in [3.05, 3.63) is 0 Å². The average molecular weight is 109 g/mol. The number of hydrogen-bond donors (Lipinski definition) is 0. The second-order valence-corrected chi connectivity index (χ2v) is 2.09. The first-order valence-electron chi connectivity index (χ1n) is 3.35. The van der Waals surface area contributed by atoms with Gasteiger partial charge in [0, 0.05) is 8.41 Å². The van der Waals surface area contributed by atoms with Crippen LogP contribution in [0.5, 0.6) is 0 Å². The van der Waals surface area contributed by atoms with Crippen molar-refractivity contribution in [2.75, 3.05) is 0 Å². The Balaban J connectivity index is 0. The van der Waals surface area contributed by atoms with Crippen molar-refractivity contribution in [1.29, 1.82) is 0 Å². The van der Waals surface area contributed by atoms with Crippen LogP contribution in [0.15, 0.2) is 0 Å². The lowest BCUT2D eigenvalue weighted by molar-refractivity contribution is 1.24. The molecule has 0 unspecified atom stereocenters. The topological polar surface area (TPSA) is 0 Å². The van der Waals surface area contributed by atoms with Gasteiger partial charge in [0.1, 0.15) is 6.71 Å². The molecule has 0 aliphatic rings. The van der Waals surface area contributed by atoms with Gasteiger partial charge in [-0.1, -0.05) is 39.7 Å². The Morgan fingerprint density at radius 1 is 0.875 bits per heavy atom. The van der Waals surface area contributed by atoms with Gasteiger partial charge in [-0.3, -0.25) is 0 Å². The van der Waals surface area contributed by atoms with Crippen LogP contribution in [-0.2, 0) is 0 Å². The summed E-state index contributed by atoms with van der Waals surface area (Å²) >= 11 is 0. The van der Waals surface area contributed by atoms with Gasteiger partial charge in [0.15, 0.2) is 0 Å². The molecule has 45 valence electrons. The Hall–Kier alpha value is 0.130. The van der Waals surface area contributed by atoms with Crippen molar-refractivity contribution >= 4 is 15.1 Å². The van der Waals surface area contributed by atoms with E-state index in [1.54, 1.807) is 0 Å². The molecule has 0 saturated heterocycles. The van der Waals surface area contributed by atoms with E-state index in [0.29, 0.717) is 0 Å². The molecule has 0 heterocycles. The molecule has 3 radical (unpaired) electrons. The summed E-state index contributed by atoms with van der Waals surface area (Å²) in [5.74, 6) is 0. The smallest absolute Gasteiger partial charge is 0.0770 e. The van der Waals surface area contributed by atoms with Crippen LogP contribution in [-0.4, -0.2) is 15.1 Å². The van der Waals surface area contributed by atoms with E-state index >= 15 is 0 Å². The van der Waals surface area contributed by atoms with Gasteiger partial charge in [0.2, 0.25) is 0 Å². The van der Waals surface area contributed by atoms with Crippen molar-refractivity contribution in [3.63, 3.8) is 0 Å². The molecule has 0 atom stereocenters. The van der Waals surface area contributed by atoms with E-state index in [4.69, 9.17) is 0 Å². The third-order valence-corrected chi connectivity index (χ3v) is 1.73. The Bertz CT molecular complexity index is 28.0. The summed E-state index contributed by atoms with van der Waals surface area (Å²) in [4.78, 5) is 0. The molecule has 8 heavy (non-hydrogen) atoms. The van der Waals surface area contributed by atoms with Crippen LogP contribution < -0.4 is 0 Å². The molecular formula is C6H15B2. The van der Waals surface area contributed by atoms with Gasteiger partial charge < -0.3 is 0 Å². The summed E-state index contributed by atoms with van der Waals surface area (Å²) in [5.41, 5.74) is 0.